The van der Waals surface area contributed by atoms with Crippen LogP contribution in [0.5, 0.6) is 0 Å². The molecule has 2 fully saturated rings. The van der Waals surface area contributed by atoms with E-state index in [0.717, 1.165) is 32.1 Å². The molecule has 0 aromatic carbocycles. The van der Waals surface area contributed by atoms with Gasteiger partial charge in [0.05, 0.1) is 24.7 Å². The SMILES string of the molecule is O=C(NC1CCCCC1O)C1CCOC1. The number of ether oxygens (including phenoxy) is 1. The number of amides is 1. The maximum absolute atomic E-state index is 11.8. The first-order valence-corrected chi connectivity index (χ1v) is 5.83. The van der Waals surface area contributed by atoms with Gasteiger partial charge >= 0.3 is 0 Å². The third-order valence-electron chi connectivity index (χ3n) is 3.36. The average molecular weight is 213 g/mol. The van der Waals surface area contributed by atoms with Crippen molar-refractivity contribution >= 4 is 5.91 Å². The second-order valence-corrected chi connectivity index (χ2v) is 4.53. The third kappa shape index (κ3) is 2.69. The van der Waals surface area contributed by atoms with Crippen molar-refractivity contribution in [2.45, 2.75) is 44.2 Å². The summed E-state index contributed by atoms with van der Waals surface area (Å²) in [6, 6.07) is -0.0353. The largest absolute Gasteiger partial charge is 0.391 e. The number of nitrogens with one attached hydrogen (secondary N) is 1. The van der Waals surface area contributed by atoms with Crippen LogP contribution in [0, 0.1) is 5.92 Å². The molecule has 3 atom stereocenters. The van der Waals surface area contributed by atoms with Gasteiger partial charge in [-0.3, -0.25) is 4.79 Å². The molecule has 0 aromatic heterocycles. The highest BCUT2D eigenvalue weighted by Gasteiger charge is 2.29. The summed E-state index contributed by atoms with van der Waals surface area (Å²) in [5, 5.41) is 12.7. The Morgan fingerprint density at radius 1 is 1.27 bits per heavy atom. The van der Waals surface area contributed by atoms with E-state index in [1.165, 1.54) is 0 Å². The van der Waals surface area contributed by atoms with Gasteiger partial charge in [-0.2, -0.15) is 0 Å². The molecule has 1 aliphatic heterocycles. The molecule has 2 N–H and O–H groups in total. The smallest absolute Gasteiger partial charge is 0.225 e. The number of hydrogen-bond acceptors (Lipinski definition) is 3. The molecule has 4 heteroatoms. The minimum Gasteiger partial charge on any atom is -0.391 e. The predicted octanol–water partition coefficient (Wildman–Crippen LogP) is 0.443. The van der Waals surface area contributed by atoms with Crippen molar-refractivity contribution in [1.29, 1.82) is 0 Å². The van der Waals surface area contributed by atoms with Crippen LogP contribution in [0.4, 0.5) is 0 Å². The lowest BCUT2D eigenvalue weighted by Crippen LogP contribution is -2.47. The number of hydrogen-bond donors (Lipinski definition) is 2. The topological polar surface area (TPSA) is 58.6 Å². The van der Waals surface area contributed by atoms with E-state index in [-0.39, 0.29) is 24.0 Å². The molecule has 1 saturated carbocycles. The second kappa shape index (κ2) is 4.94. The summed E-state index contributed by atoms with van der Waals surface area (Å²) in [7, 11) is 0. The van der Waals surface area contributed by atoms with Crippen molar-refractivity contribution < 1.29 is 14.6 Å². The molecule has 1 heterocycles. The van der Waals surface area contributed by atoms with Gasteiger partial charge in [0.2, 0.25) is 5.91 Å². The highest BCUT2D eigenvalue weighted by atomic mass is 16.5. The molecule has 0 aromatic rings. The summed E-state index contributed by atoms with van der Waals surface area (Å²) in [5.74, 6) is 0.0533. The summed E-state index contributed by atoms with van der Waals surface area (Å²) < 4.78 is 5.17. The molecule has 2 rings (SSSR count). The van der Waals surface area contributed by atoms with E-state index in [9.17, 15) is 9.90 Å². The minimum atomic E-state index is -0.356. The monoisotopic (exact) mass is 213 g/mol. The number of aliphatic hydroxyl groups is 1. The maximum Gasteiger partial charge on any atom is 0.225 e. The molecule has 0 radical (unpaired) electrons. The zero-order chi connectivity index (χ0) is 10.7. The van der Waals surface area contributed by atoms with Gasteiger partial charge in [0, 0.05) is 6.61 Å². The minimum absolute atomic E-state index is 0.000809. The van der Waals surface area contributed by atoms with Crippen molar-refractivity contribution in [3.8, 4) is 0 Å². The lowest BCUT2D eigenvalue weighted by molar-refractivity contribution is -0.126. The molecular formula is C11H19NO3. The van der Waals surface area contributed by atoms with Crippen LogP contribution in [0.25, 0.3) is 0 Å². The first-order chi connectivity index (χ1) is 7.27. The molecule has 86 valence electrons. The summed E-state index contributed by atoms with van der Waals surface area (Å²) in [6.45, 7) is 1.22. The van der Waals surface area contributed by atoms with Gasteiger partial charge in [0.1, 0.15) is 0 Å². The molecule has 2 aliphatic rings. The van der Waals surface area contributed by atoms with Crippen molar-refractivity contribution in [2.24, 2.45) is 5.92 Å². The van der Waals surface area contributed by atoms with E-state index < -0.39 is 0 Å². The van der Waals surface area contributed by atoms with E-state index in [4.69, 9.17) is 4.74 Å². The fourth-order valence-electron chi connectivity index (χ4n) is 2.32. The Hall–Kier alpha value is -0.610. The van der Waals surface area contributed by atoms with Gasteiger partial charge in [-0.25, -0.2) is 0 Å². The summed E-state index contributed by atoms with van der Waals surface area (Å²) in [5.41, 5.74) is 0. The quantitative estimate of drug-likeness (QED) is 0.700. The molecule has 0 spiro atoms. The lowest BCUT2D eigenvalue weighted by Gasteiger charge is -2.29. The fraction of sp³-hybridized carbons (Fsp3) is 0.909. The van der Waals surface area contributed by atoms with Crippen LogP contribution in [-0.4, -0.2) is 36.4 Å². The first-order valence-electron chi connectivity index (χ1n) is 5.83. The summed E-state index contributed by atoms with van der Waals surface area (Å²) in [4.78, 5) is 11.8. The maximum atomic E-state index is 11.8. The zero-order valence-corrected chi connectivity index (χ0v) is 8.95. The number of aliphatic hydroxyl groups excluding tert-OH is 1. The Bertz CT molecular complexity index is 226. The van der Waals surface area contributed by atoms with Crippen LogP contribution in [0.2, 0.25) is 0 Å². The second-order valence-electron chi connectivity index (χ2n) is 4.53. The number of rotatable bonds is 2. The van der Waals surface area contributed by atoms with Crippen LogP contribution in [0.15, 0.2) is 0 Å². The summed E-state index contributed by atoms with van der Waals surface area (Å²) in [6.07, 6.45) is 4.34. The van der Waals surface area contributed by atoms with Crippen molar-refractivity contribution in [2.75, 3.05) is 13.2 Å². The Morgan fingerprint density at radius 3 is 2.73 bits per heavy atom. The average Bonchev–Trinajstić information content (AvgIpc) is 2.74. The Balaban J connectivity index is 1.81. The van der Waals surface area contributed by atoms with Crippen LogP contribution in [-0.2, 0) is 9.53 Å². The summed E-state index contributed by atoms with van der Waals surface area (Å²) >= 11 is 0. The standard InChI is InChI=1S/C11H19NO3/c13-10-4-2-1-3-9(10)12-11(14)8-5-6-15-7-8/h8-10,13H,1-7H2,(H,12,14). The molecule has 15 heavy (non-hydrogen) atoms. The molecule has 0 bridgehead atoms. The first kappa shape index (κ1) is 10.9. The molecule has 1 aliphatic carbocycles. The van der Waals surface area contributed by atoms with E-state index in [1.54, 1.807) is 0 Å². The van der Waals surface area contributed by atoms with Crippen LogP contribution < -0.4 is 5.32 Å². The van der Waals surface area contributed by atoms with Crippen molar-refractivity contribution in [1.82, 2.24) is 5.32 Å². The van der Waals surface area contributed by atoms with E-state index in [0.29, 0.717) is 13.2 Å². The number of carbonyl (C=O) groups is 1. The van der Waals surface area contributed by atoms with Gasteiger partial charge in [-0.05, 0) is 19.3 Å². The Morgan fingerprint density at radius 2 is 2.07 bits per heavy atom. The molecule has 3 unspecified atom stereocenters. The van der Waals surface area contributed by atoms with E-state index >= 15 is 0 Å². The van der Waals surface area contributed by atoms with Gasteiger partial charge in [-0.15, -0.1) is 0 Å². The number of carbonyl (C=O) groups excluding carboxylic acids is 1. The zero-order valence-electron chi connectivity index (χ0n) is 8.95. The third-order valence-corrected chi connectivity index (χ3v) is 3.36. The predicted molar refractivity (Wildman–Crippen MR) is 55.3 cm³/mol. The Labute approximate surface area is 90.0 Å². The molecule has 1 amide bonds. The lowest BCUT2D eigenvalue weighted by atomic mass is 9.92. The van der Waals surface area contributed by atoms with Gasteiger partial charge in [0.25, 0.3) is 0 Å². The van der Waals surface area contributed by atoms with E-state index in [2.05, 4.69) is 5.32 Å². The van der Waals surface area contributed by atoms with Crippen LogP contribution >= 0.6 is 0 Å². The molecule has 1 saturated heterocycles. The molecule has 4 nitrogen and oxygen atoms in total. The van der Waals surface area contributed by atoms with Crippen molar-refractivity contribution in [3.05, 3.63) is 0 Å². The van der Waals surface area contributed by atoms with Crippen LogP contribution in [0.3, 0.4) is 0 Å². The van der Waals surface area contributed by atoms with Crippen molar-refractivity contribution in [3.63, 3.8) is 0 Å². The highest BCUT2D eigenvalue weighted by molar-refractivity contribution is 5.79. The van der Waals surface area contributed by atoms with Crippen LogP contribution in [0.1, 0.15) is 32.1 Å². The van der Waals surface area contributed by atoms with E-state index in [1.807, 2.05) is 0 Å². The molecular weight excluding hydrogens is 194 g/mol. The van der Waals surface area contributed by atoms with Gasteiger partial charge < -0.3 is 15.2 Å². The normalized spacial score (nSPS) is 36.5. The Kier molecular flexibility index (Phi) is 3.59. The highest BCUT2D eigenvalue weighted by Crippen LogP contribution is 2.20. The fourth-order valence-corrected chi connectivity index (χ4v) is 2.32. The van der Waals surface area contributed by atoms with Gasteiger partial charge in [0.15, 0.2) is 0 Å². The van der Waals surface area contributed by atoms with Gasteiger partial charge in [-0.1, -0.05) is 12.8 Å².